The molecule has 2 aromatic rings. The monoisotopic (exact) mass is 404 g/mol. The molecule has 1 fully saturated rings. The molecule has 2 N–H and O–H groups in total. The van der Waals surface area contributed by atoms with Crippen LogP contribution in [0.25, 0.3) is 0 Å². The Hall–Kier alpha value is -2.45. The van der Waals surface area contributed by atoms with Crippen LogP contribution in [0.15, 0.2) is 24.3 Å². The third-order valence-electron chi connectivity index (χ3n) is 4.87. The number of aromatic nitrogens is 2. The van der Waals surface area contributed by atoms with Crippen LogP contribution in [0.4, 0.5) is 23.1 Å². The Kier molecular flexibility index (Phi) is 6.64. The van der Waals surface area contributed by atoms with Gasteiger partial charge >= 0.3 is 0 Å². The molecule has 1 aromatic heterocycles. The molecule has 0 aliphatic carbocycles. The molecule has 3 rings (SSSR count). The molecule has 8 nitrogen and oxygen atoms in total. The minimum absolute atomic E-state index is 0.101. The molecule has 2 heterocycles. The van der Waals surface area contributed by atoms with E-state index in [2.05, 4.69) is 32.4 Å². The number of hydrogen-bond donors (Lipinski definition) is 2. The molecule has 28 heavy (non-hydrogen) atoms. The largest absolute Gasteiger partial charge is 0.355 e. The number of benzene rings is 1. The van der Waals surface area contributed by atoms with Gasteiger partial charge in [-0.1, -0.05) is 24.9 Å². The third-order valence-corrected chi connectivity index (χ3v) is 5.19. The van der Waals surface area contributed by atoms with Gasteiger partial charge in [0, 0.05) is 42.6 Å². The standard InChI is InChI=1S/C19H25ClN6O2/c1-3-4-5-13-11-18(25-9-8-15(12-25)21-2)24-19(22-13)23-14-6-7-16(20)17(10-14)26(27)28/h6-7,10-11,15,21H,3-5,8-9,12H2,1-2H3,(H,22,23,24)/t15-/m0/s1. The highest BCUT2D eigenvalue weighted by atomic mass is 35.5. The molecule has 0 amide bonds. The molecule has 0 unspecified atom stereocenters. The lowest BCUT2D eigenvalue weighted by Crippen LogP contribution is -2.30. The Balaban J connectivity index is 1.88. The minimum atomic E-state index is -0.500. The summed E-state index contributed by atoms with van der Waals surface area (Å²) >= 11 is 5.90. The summed E-state index contributed by atoms with van der Waals surface area (Å²) in [4.78, 5) is 22.1. The van der Waals surface area contributed by atoms with Crippen molar-refractivity contribution in [3.05, 3.63) is 45.1 Å². The molecular formula is C19H25ClN6O2. The van der Waals surface area contributed by atoms with E-state index in [0.717, 1.165) is 50.3 Å². The first kappa shape index (κ1) is 20.3. The van der Waals surface area contributed by atoms with Gasteiger partial charge in [0.25, 0.3) is 5.69 Å². The molecule has 0 saturated carbocycles. The zero-order chi connectivity index (χ0) is 20.1. The van der Waals surface area contributed by atoms with E-state index in [1.54, 1.807) is 6.07 Å². The van der Waals surface area contributed by atoms with Crippen molar-refractivity contribution < 1.29 is 4.92 Å². The summed E-state index contributed by atoms with van der Waals surface area (Å²) in [5.74, 6) is 1.32. The topological polar surface area (TPSA) is 96.2 Å². The summed E-state index contributed by atoms with van der Waals surface area (Å²) in [6.45, 7) is 3.97. The summed E-state index contributed by atoms with van der Waals surface area (Å²) in [7, 11) is 1.97. The minimum Gasteiger partial charge on any atom is -0.355 e. The maximum absolute atomic E-state index is 11.1. The predicted molar refractivity (Wildman–Crippen MR) is 112 cm³/mol. The molecule has 0 radical (unpaired) electrons. The van der Waals surface area contributed by atoms with Gasteiger partial charge in [-0.05, 0) is 38.4 Å². The van der Waals surface area contributed by atoms with Gasteiger partial charge in [-0.15, -0.1) is 0 Å². The Morgan fingerprint density at radius 1 is 1.36 bits per heavy atom. The molecule has 1 aliphatic heterocycles. The first-order valence-corrected chi connectivity index (χ1v) is 9.89. The zero-order valence-corrected chi connectivity index (χ0v) is 16.9. The van der Waals surface area contributed by atoms with E-state index >= 15 is 0 Å². The second-order valence-electron chi connectivity index (χ2n) is 6.91. The van der Waals surface area contributed by atoms with E-state index in [1.165, 1.54) is 12.1 Å². The lowest BCUT2D eigenvalue weighted by molar-refractivity contribution is -0.384. The van der Waals surface area contributed by atoms with Crippen LogP contribution in [0.3, 0.4) is 0 Å². The highest BCUT2D eigenvalue weighted by Gasteiger charge is 2.23. The van der Waals surface area contributed by atoms with Crippen molar-refractivity contribution in [2.24, 2.45) is 0 Å². The van der Waals surface area contributed by atoms with Crippen LogP contribution in [0.2, 0.25) is 5.02 Å². The number of halogens is 1. The van der Waals surface area contributed by atoms with Crippen molar-refractivity contribution >= 4 is 34.7 Å². The molecule has 1 aliphatic rings. The Morgan fingerprint density at radius 2 is 2.18 bits per heavy atom. The maximum Gasteiger partial charge on any atom is 0.289 e. The van der Waals surface area contributed by atoms with Gasteiger partial charge in [0.2, 0.25) is 5.95 Å². The molecule has 0 bridgehead atoms. The van der Waals surface area contributed by atoms with Gasteiger partial charge in [0.1, 0.15) is 10.8 Å². The van der Waals surface area contributed by atoms with E-state index in [-0.39, 0.29) is 10.7 Å². The predicted octanol–water partition coefficient (Wildman–Crippen LogP) is 3.92. The average Bonchev–Trinajstić information content (AvgIpc) is 3.17. The van der Waals surface area contributed by atoms with E-state index in [1.807, 2.05) is 13.1 Å². The number of nitrogens with zero attached hydrogens (tertiary/aromatic N) is 4. The van der Waals surface area contributed by atoms with Gasteiger partial charge < -0.3 is 15.5 Å². The van der Waals surface area contributed by atoms with Crippen molar-refractivity contribution in [1.29, 1.82) is 0 Å². The lowest BCUT2D eigenvalue weighted by Gasteiger charge is -2.19. The van der Waals surface area contributed by atoms with Gasteiger partial charge in [-0.25, -0.2) is 4.98 Å². The highest BCUT2D eigenvalue weighted by Crippen LogP contribution is 2.29. The van der Waals surface area contributed by atoms with E-state index in [4.69, 9.17) is 11.6 Å². The van der Waals surface area contributed by atoms with Crippen LogP contribution < -0.4 is 15.5 Å². The van der Waals surface area contributed by atoms with Crippen LogP contribution >= 0.6 is 11.6 Å². The Labute approximate surface area is 169 Å². The number of hydrogen-bond acceptors (Lipinski definition) is 7. The van der Waals surface area contributed by atoms with Crippen molar-refractivity contribution in [3.8, 4) is 0 Å². The summed E-state index contributed by atoms with van der Waals surface area (Å²) in [6.07, 6.45) is 4.06. The van der Waals surface area contributed by atoms with E-state index in [9.17, 15) is 10.1 Å². The summed E-state index contributed by atoms with van der Waals surface area (Å²) < 4.78 is 0. The van der Waals surface area contributed by atoms with Crippen molar-refractivity contribution in [2.45, 2.75) is 38.6 Å². The second kappa shape index (κ2) is 9.16. The van der Waals surface area contributed by atoms with Crippen molar-refractivity contribution in [1.82, 2.24) is 15.3 Å². The van der Waals surface area contributed by atoms with Crippen molar-refractivity contribution in [2.75, 3.05) is 30.4 Å². The second-order valence-corrected chi connectivity index (χ2v) is 7.32. The molecule has 9 heteroatoms. The van der Waals surface area contributed by atoms with Gasteiger partial charge in [0.15, 0.2) is 0 Å². The fraction of sp³-hybridized carbons (Fsp3) is 0.474. The maximum atomic E-state index is 11.1. The van der Waals surface area contributed by atoms with Crippen LogP contribution in [-0.4, -0.2) is 41.1 Å². The number of aryl methyl sites for hydroxylation is 1. The smallest absolute Gasteiger partial charge is 0.289 e. The highest BCUT2D eigenvalue weighted by molar-refractivity contribution is 6.32. The van der Waals surface area contributed by atoms with E-state index < -0.39 is 4.92 Å². The lowest BCUT2D eigenvalue weighted by atomic mass is 10.2. The van der Waals surface area contributed by atoms with Gasteiger partial charge in [-0.3, -0.25) is 10.1 Å². The van der Waals surface area contributed by atoms with Crippen LogP contribution in [0.5, 0.6) is 0 Å². The van der Waals surface area contributed by atoms with Crippen molar-refractivity contribution in [3.63, 3.8) is 0 Å². The molecule has 150 valence electrons. The summed E-state index contributed by atoms with van der Waals surface area (Å²) in [5.41, 5.74) is 1.35. The first-order valence-electron chi connectivity index (χ1n) is 9.51. The third kappa shape index (κ3) is 4.88. The Bertz CT molecular complexity index is 847. The molecule has 1 saturated heterocycles. The summed E-state index contributed by atoms with van der Waals surface area (Å²) in [6, 6.07) is 7.08. The van der Waals surface area contributed by atoms with E-state index in [0.29, 0.717) is 17.7 Å². The molecule has 0 spiro atoms. The number of nitro benzene ring substituents is 1. The number of anilines is 3. The number of likely N-dealkylation sites (N-methyl/N-ethyl adjacent to an activating group) is 1. The normalized spacial score (nSPS) is 16.4. The van der Waals surface area contributed by atoms with Gasteiger partial charge in [-0.2, -0.15) is 4.98 Å². The first-order chi connectivity index (χ1) is 13.5. The molecule has 1 aromatic carbocycles. The number of nitro groups is 1. The molecular weight excluding hydrogens is 380 g/mol. The fourth-order valence-electron chi connectivity index (χ4n) is 3.25. The van der Waals surface area contributed by atoms with Gasteiger partial charge in [0.05, 0.1) is 4.92 Å². The van der Waals surface area contributed by atoms with Crippen LogP contribution in [-0.2, 0) is 6.42 Å². The number of nitrogens with one attached hydrogen (secondary N) is 2. The zero-order valence-electron chi connectivity index (χ0n) is 16.1. The number of rotatable bonds is 8. The van der Waals surface area contributed by atoms with Crippen LogP contribution in [0.1, 0.15) is 31.9 Å². The molecule has 1 atom stereocenters. The number of unbranched alkanes of at least 4 members (excludes halogenated alkanes) is 1. The SMILES string of the molecule is CCCCc1cc(N2CC[C@H](NC)C2)nc(Nc2ccc(Cl)c([N+](=O)[O-])c2)n1. The fourth-order valence-corrected chi connectivity index (χ4v) is 3.44. The quantitative estimate of drug-likeness (QED) is 0.508. The Morgan fingerprint density at radius 3 is 2.86 bits per heavy atom. The average molecular weight is 405 g/mol. The van der Waals surface area contributed by atoms with Crippen LogP contribution in [0, 0.1) is 10.1 Å². The summed E-state index contributed by atoms with van der Waals surface area (Å²) in [5, 5.41) is 17.7.